The third kappa shape index (κ3) is 5.68. The molecule has 0 aliphatic rings. The van der Waals surface area contributed by atoms with Gasteiger partial charge in [0.05, 0.1) is 15.6 Å². The number of ether oxygens (including phenoxy) is 1. The van der Waals surface area contributed by atoms with Gasteiger partial charge in [0.1, 0.15) is 29.8 Å². The SMILES string of the molecule is N#C/C(=C\c1ccc(OCc2cccc([N+](=O)[O-])c2)c(Cl)c1)C(=O)Nc1ccccc1F. The van der Waals surface area contributed by atoms with Crippen molar-refractivity contribution in [1.29, 1.82) is 5.26 Å². The van der Waals surface area contributed by atoms with Crippen LogP contribution in [0, 0.1) is 27.3 Å². The van der Waals surface area contributed by atoms with E-state index >= 15 is 0 Å². The summed E-state index contributed by atoms with van der Waals surface area (Å²) < 4.78 is 19.3. The Morgan fingerprint density at radius 1 is 1.19 bits per heavy atom. The van der Waals surface area contributed by atoms with Crippen LogP contribution in [0.25, 0.3) is 6.08 Å². The van der Waals surface area contributed by atoms with Gasteiger partial charge in [-0.3, -0.25) is 14.9 Å². The Morgan fingerprint density at radius 2 is 1.97 bits per heavy atom. The highest BCUT2D eigenvalue weighted by Gasteiger charge is 2.13. The zero-order chi connectivity index (χ0) is 23.1. The molecule has 0 aromatic heterocycles. The molecule has 3 aromatic rings. The molecule has 0 saturated carbocycles. The lowest BCUT2D eigenvalue weighted by molar-refractivity contribution is -0.384. The van der Waals surface area contributed by atoms with Crippen LogP contribution >= 0.6 is 11.6 Å². The molecule has 7 nitrogen and oxygen atoms in total. The molecule has 1 amide bonds. The number of hydrogen-bond acceptors (Lipinski definition) is 5. The molecular weight excluding hydrogens is 437 g/mol. The molecule has 0 saturated heterocycles. The number of nitro benzene ring substituents is 1. The van der Waals surface area contributed by atoms with Crippen molar-refractivity contribution in [3.8, 4) is 11.8 Å². The number of benzene rings is 3. The Hall–Kier alpha value is -4.22. The van der Waals surface area contributed by atoms with E-state index in [9.17, 15) is 24.6 Å². The molecule has 32 heavy (non-hydrogen) atoms. The molecule has 0 aliphatic heterocycles. The highest BCUT2D eigenvalue weighted by molar-refractivity contribution is 6.32. The monoisotopic (exact) mass is 451 g/mol. The van der Waals surface area contributed by atoms with Gasteiger partial charge in [-0.25, -0.2) is 4.39 Å². The van der Waals surface area contributed by atoms with Crippen LogP contribution in [0.2, 0.25) is 5.02 Å². The van der Waals surface area contributed by atoms with Crippen LogP contribution in [-0.4, -0.2) is 10.8 Å². The predicted molar refractivity (Wildman–Crippen MR) is 118 cm³/mol. The lowest BCUT2D eigenvalue weighted by Gasteiger charge is -2.09. The van der Waals surface area contributed by atoms with Crippen molar-refractivity contribution in [2.45, 2.75) is 6.61 Å². The van der Waals surface area contributed by atoms with E-state index in [1.807, 2.05) is 0 Å². The number of nitriles is 1. The Morgan fingerprint density at radius 3 is 2.66 bits per heavy atom. The van der Waals surface area contributed by atoms with E-state index in [2.05, 4.69) is 5.32 Å². The van der Waals surface area contributed by atoms with E-state index in [1.54, 1.807) is 36.4 Å². The Kier molecular flexibility index (Phi) is 7.16. The van der Waals surface area contributed by atoms with Crippen molar-refractivity contribution in [3.63, 3.8) is 0 Å². The van der Waals surface area contributed by atoms with Gasteiger partial charge in [-0.05, 0) is 41.5 Å². The van der Waals surface area contributed by atoms with Gasteiger partial charge in [0.25, 0.3) is 11.6 Å². The fourth-order valence-electron chi connectivity index (χ4n) is 2.71. The van der Waals surface area contributed by atoms with E-state index < -0.39 is 16.6 Å². The maximum Gasteiger partial charge on any atom is 0.269 e. The number of nitrogens with zero attached hydrogens (tertiary/aromatic N) is 2. The van der Waals surface area contributed by atoms with E-state index in [0.29, 0.717) is 16.9 Å². The van der Waals surface area contributed by atoms with Crippen LogP contribution in [0.5, 0.6) is 5.75 Å². The first-order valence-corrected chi connectivity index (χ1v) is 9.58. The second kappa shape index (κ2) is 10.2. The molecule has 0 heterocycles. The molecule has 0 aliphatic carbocycles. The van der Waals surface area contributed by atoms with E-state index in [1.165, 1.54) is 42.5 Å². The summed E-state index contributed by atoms with van der Waals surface area (Å²) in [5.74, 6) is -1.06. The van der Waals surface area contributed by atoms with Gasteiger partial charge >= 0.3 is 0 Å². The van der Waals surface area contributed by atoms with Crippen LogP contribution in [0.15, 0.2) is 72.3 Å². The number of carbonyl (C=O) groups excluding carboxylic acids is 1. The van der Waals surface area contributed by atoms with Crippen LogP contribution in [0.3, 0.4) is 0 Å². The summed E-state index contributed by atoms with van der Waals surface area (Å²) in [6.45, 7) is 0.0606. The molecular formula is C23H15ClFN3O4. The first-order chi connectivity index (χ1) is 15.4. The van der Waals surface area contributed by atoms with Gasteiger partial charge in [0, 0.05) is 12.1 Å². The normalized spacial score (nSPS) is 10.8. The molecule has 3 aromatic carbocycles. The predicted octanol–water partition coefficient (Wildman–Crippen LogP) is 5.51. The third-order valence-corrected chi connectivity index (χ3v) is 4.57. The molecule has 0 unspecified atom stereocenters. The second-order valence-corrected chi connectivity index (χ2v) is 6.92. The minimum atomic E-state index is -0.764. The fourth-order valence-corrected chi connectivity index (χ4v) is 2.96. The highest BCUT2D eigenvalue weighted by Crippen LogP contribution is 2.28. The molecule has 1 N–H and O–H groups in total. The summed E-state index contributed by atoms with van der Waals surface area (Å²) in [4.78, 5) is 22.7. The van der Waals surface area contributed by atoms with Crippen LogP contribution < -0.4 is 10.1 Å². The Labute approximate surface area is 187 Å². The quantitative estimate of drug-likeness (QED) is 0.220. The lowest BCUT2D eigenvalue weighted by atomic mass is 10.1. The molecule has 0 atom stereocenters. The summed E-state index contributed by atoms with van der Waals surface area (Å²) in [5, 5.41) is 22.8. The highest BCUT2D eigenvalue weighted by atomic mass is 35.5. The van der Waals surface area contributed by atoms with Crippen LogP contribution in [-0.2, 0) is 11.4 Å². The molecule has 0 spiro atoms. The van der Waals surface area contributed by atoms with Gasteiger partial charge < -0.3 is 10.1 Å². The van der Waals surface area contributed by atoms with E-state index in [0.717, 1.165) is 0 Å². The Bertz CT molecular complexity index is 1250. The molecule has 0 bridgehead atoms. The number of amides is 1. The lowest BCUT2D eigenvalue weighted by Crippen LogP contribution is -2.14. The second-order valence-electron chi connectivity index (χ2n) is 6.51. The van der Waals surface area contributed by atoms with Gasteiger partial charge in [-0.1, -0.05) is 41.9 Å². The number of halogens is 2. The summed E-state index contributed by atoms with van der Waals surface area (Å²) >= 11 is 6.24. The van der Waals surface area contributed by atoms with Gasteiger partial charge in [0.2, 0.25) is 0 Å². The topological polar surface area (TPSA) is 105 Å². The number of rotatable bonds is 7. The molecule has 0 radical (unpaired) electrons. The maximum atomic E-state index is 13.7. The maximum absolute atomic E-state index is 13.7. The van der Waals surface area contributed by atoms with Crippen molar-refractivity contribution in [2.75, 3.05) is 5.32 Å². The number of para-hydroxylation sites is 1. The van der Waals surface area contributed by atoms with Crippen molar-refractivity contribution in [1.82, 2.24) is 0 Å². The number of nitro groups is 1. The largest absolute Gasteiger partial charge is 0.487 e. The molecule has 0 fully saturated rings. The first-order valence-electron chi connectivity index (χ1n) is 9.20. The molecule has 160 valence electrons. The van der Waals surface area contributed by atoms with Crippen molar-refractivity contribution in [2.24, 2.45) is 0 Å². The number of hydrogen-bond donors (Lipinski definition) is 1. The zero-order valence-electron chi connectivity index (χ0n) is 16.4. The van der Waals surface area contributed by atoms with E-state index in [4.69, 9.17) is 16.3 Å². The first kappa shape index (κ1) is 22.5. The third-order valence-electron chi connectivity index (χ3n) is 4.27. The number of non-ortho nitro benzene ring substituents is 1. The summed E-state index contributed by atoms with van der Waals surface area (Å²) in [5.41, 5.74) is 0.722. The Balaban J connectivity index is 1.72. The van der Waals surface area contributed by atoms with Crippen molar-refractivity contribution < 1.29 is 18.8 Å². The number of anilines is 1. The minimum absolute atomic E-state index is 0.0402. The average molecular weight is 452 g/mol. The van der Waals surface area contributed by atoms with Gasteiger partial charge in [-0.2, -0.15) is 5.26 Å². The van der Waals surface area contributed by atoms with Gasteiger partial charge in [-0.15, -0.1) is 0 Å². The van der Waals surface area contributed by atoms with Crippen LogP contribution in [0.1, 0.15) is 11.1 Å². The number of carbonyl (C=O) groups is 1. The smallest absolute Gasteiger partial charge is 0.269 e. The standard InChI is InChI=1S/C23H15ClFN3O4/c24-19-12-15(10-17(13-26)23(29)27-21-7-2-1-6-20(21)25)8-9-22(19)32-14-16-4-3-5-18(11-16)28(30)31/h1-12H,14H2,(H,27,29)/b17-10+. The average Bonchev–Trinajstić information content (AvgIpc) is 2.78. The molecule has 9 heteroatoms. The summed E-state index contributed by atoms with van der Waals surface area (Å²) in [7, 11) is 0. The summed E-state index contributed by atoms with van der Waals surface area (Å²) in [6, 6.07) is 18.1. The van der Waals surface area contributed by atoms with Crippen molar-refractivity contribution >= 4 is 35.0 Å². The number of nitrogens with one attached hydrogen (secondary N) is 1. The zero-order valence-corrected chi connectivity index (χ0v) is 17.2. The van der Waals surface area contributed by atoms with Crippen LogP contribution in [0.4, 0.5) is 15.8 Å². The van der Waals surface area contributed by atoms with Gasteiger partial charge in [0.15, 0.2) is 0 Å². The fraction of sp³-hybridized carbons (Fsp3) is 0.0435. The molecule has 3 rings (SSSR count). The minimum Gasteiger partial charge on any atom is -0.487 e. The van der Waals surface area contributed by atoms with E-state index in [-0.39, 0.29) is 28.6 Å². The van der Waals surface area contributed by atoms with Crippen molar-refractivity contribution in [3.05, 3.63) is 104 Å². The summed E-state index contributed by atoms with van der Waals surface area (Å²) in [6.07, 6.45) is 1.31.